The van der Waals surface area contributed by atoms with E-state index in [2.05, 4.69) is 173 Å². The third-order valence-electron chi connectivity index (χ3n) is 10.2. The van der Waals surface area contributed by atoms with E-state index in [0.717, 1.165) is 28.2 Å². The standard InChI is InChI=1S/C45H27N3/c1-3-13-28(14-4-1)33-25-38(29-15-5-2-6-16-29)46-41(27-33)47-40-26-31-18-8-7-17-30(31)23-36(40)44-45(47)37-24-32-19-9-10-20-34(32)42-35-21-11-12-22-39(35)48(44)43(37)42/h1-27H. The monoisotopic (exact) mass is 609 g/mol. The van der Waals surface area contributed by atoms with Crippen molar-refractivity contribution in [3.05, 3.63) is 164 Å². The van der Waals surface area contributed by atoms with Crippen LogP contribution in [0.3, 0.4) is 0 Å². The maximum absolute atomic E-state index is 5.47. The van der Waals surface area contributed by atoms with Gasteiger partial charge in [-0.15, -0.1) is 0 Å². The minimum absolute atomic E-state index is 0.910. The van der Waals surface area contributed by atoms with Crippen molar-refractivity contribution >= 4 is 70.7 Å². The molecular weight excluding hydrogens is 583 g/mol. The third kappa shape index (κ3) is 3.45. The van der Waals surface area contributed by atoms with Crippen molar-refractivity contribution in [2.24, 2.45) is 0 Å². The molecular formula is C45H27N3. The average Bonchev–Trinajstić information content (AvgIpc) is 3.78. The molecule has 0 radical (unpaired) electrons. The van der Waals surface area contributed by atoms with Crippen molar-refractivity contribution in [2.75, 3.05) is 0 Å². The van der Waals surface area contributed by atoms with E-state index in [0.29, 0.717) is 0 Å². The number of hydrogen-bond acceptors (Lipinski definition) is 1. The number of rotatable bonds is 3. The van der Waals surface area contributed by atoms with E-state index in [1.165, 1.54) is 70.7 Å². The number of aromatic nitrogens is 3. The zero-order valence-corrected chi connectivity index (χ0v) is 25.9. The van der Waals surface area contributed by atoms with Gasteiger partial charge in [0.1, 0.15) is 5.82 Å². The summed E-state index contributed by atoms with van der Waals surface area (Å²) in [5.74, 6) is 0.910. The Hall–Kier alpha value is -6.45. The van der Waals surface area contributed by atoms with Crippen LogP contribution >= 0.6 is 0 Å². The summed E-state index contributed by atoms with van der Waals surface area (Å²) >= 11 is 0. The Balaban J connectivity index is 1.39. The molecule has 0 fully saturated rings. The maximum Gasteiger partial charge on any atom is 0.138 e. The summed E-state index contributed by atoms with van der Waals surface area (Å²) in [4.78, 5) is 5.47. The predicted octanol–water partition coefficient (Wildman–Crippen LogP) is 11.8. The van der Waals surface area contributed by atoms with Crippen molar-refractivity contribution in [3.8, 4) is 28.2 Å². The van der Waals surface area contributed by atoms with E-state index < -0.39 is 0 Å². The molecule has 4 heterocycles. The molecule has 3 heteroatoms. The first-order chi connectivity index (χ1) is 23.8. The van der Waals surface area contributed by atoms with E-state index in [9.17, 15) is 0 Å². The van der Waals surface area contributed by atoms with Crippen LogP contribution in [0.4, 0.5) is 0 Å². The Bertz CT molecular complexity index is 2980. The summed E-state index contributed by atoms with van der Waals surface area (Å²) in [5, 5.41) is 10.0. The summed E-state index contributed by atoms with van der Waals surface area (Å²) in [5.41, 5.74) is 10.4. The van der Waals surface area contributed by atoms with Crippen molar-refractivity contribution in [3.63, 3.8) is 0 Å². The number of nitrogens with zero attached hydrogens (tertiary/aromatic N) is 3. The Morgan fingerprint density at radius 2 is 1.00 bits per heavy atom. The second kappa shape index (κ2) is 9.54. The number of pyridine rings is 1. The first-order valence-corrected chi connectivity index (χ1v) is 16.5. The van der Waals surface area contributed by atoms with Crippen LogP contribution in [-0.2, 0) is 0 Å². The van der Waals surface area contributed by atoms with E-state index in [1.807, 2.05) is 0 Å². The molecule has 11 aromatic rings. The minimum atomic E-state index is 0.910. The normalized spacial score (nSPS) is 12.2. The molecule has 0 saturated heterocycles. The number of hydrogen-bond donors (Lipinski definition) is 0. The summed E-state index contributed by atoms with van der Waals surface area (Å²) in [6.45, 7) is 0. The smallest absolute Gasteiger partial charge is 0.138 e. The van der Waals surface area contributed by atoms with Gasteiger partial charge >= 0.3 is 0 Å². The van der Waals surface area contributed by atoms with Crippen LogP contribution in [0.1, 0.15) is 0 Å². The van der Waals surface area contributed by atoms with Gasteiger partial charge in [0.05, 0.1) is 33.3 Å². The fourth-order valence-corrected chi connectivity index (χ4v) is 8.11. The maximum atomic E-state index is 5.47. The number of fused-ring (bicyclic) bond motifs is 11. The molecule has 7 aromatic carbocycles. The average molecular weight is 610 g/mol. The molecule has 0 aliphatic heterocycles. The molecule has 11 rings (SSSR count). The van der Waals surface area contributed by atoms with Gasteiger partial charge in [0.15, 0.2) is 0 Å². The van der Waals surface area contributed by atoms with E-state index >= 15 is 0 Å². The van der Waals surface area contributed by atoms with E-state index in [-0.39, 0.29) is 0 Å². The molecule has 0 atom stereocenters. The van der Waals surface area contributed by atoms with Crippen LogP contribution in [0.15, 0.2) is 164 Å². The van der Waals surface area contributed by atoms with Crippen LogP contribution in [0.25, 0.3) is 98.9 Å². The quantitative estimate of drug-likeness (QED) is 0.195. The SMILES string of the molecule is c1ccc(-c2cc(-c3ccccc3)nc(-n3c4cc5ccccc5cc4c4c3c3cc5ccccc5c5c6ccccc6n4c35)c2)cc1. The first kappa shape index (κ1) is 25.7. The molecule has 0 spiro atoms. The first-order valence-electron chi connectivity index (χ1n) is 16.5. The number of para-hydroxylation sites is 1. The molecule has 48 heavy (non-hydrogen) atoms. The molecule has 0 aliphatic carbocycles. The van der Waals surface area contributed by atoms with Crippen LogP contribution < -0.4 is 0 Å². The molecule has 3 nitrogen and oxygen atoms in total. The van der Waals surface area contributed by atoms with Crippen molar-refractivity contribution in [2.45, 2.75) is 0 Å². The highest BCUT2D eigenvalue weighted by atomic mass is 15.1. The molecule has 0 saturated carbocycles. The highest BCUT2D eigenvalue weighted by Crippen LogP contribution is 2.47. The second-order valence-electron chi connectivity index (χ2n) is 12.8. The van der Waals surface area contributed by atoms with Crippen molar-refractivity contribution in [1.29, 1.82) is 0 Å². The third-order valence-corrected chi connectivity index (χ3v) is 10.2. The van der Waals surface area contributed by atoms with Crippen LogP contribution in [0.5, 0.6) is 0 Å². The lowest BCUT2D eigenvalue weighted by Crippen LogP contribution is -2.00. The van der Waals surface area contributed by atoms with Crippen molar-refractivity contribution in [1.82, 2.24) is 14.0 Å². The van der Waals surface area contributed by atoms with Gasteiger partial charge in [0.2, 0.25) is 0 Å². The Morgan fingerprint density at radius 3 is 1.79 bits per heavy atom. The molecule has 0 amide bonds. The molecule has 0 aliphatic rings. The Morgan fingerprint density at radius 1 is 0.375 bits per heavy atom. The van der Waals surface area contributed by atoms with Gasteiger partial charge < -0.3 is 4.40 Å². The molecule has 0 unspecified atom stereocenters. The van der Waals surface area contributed by atoms with Gasteiger partial charge in [-0.1, -0.05) is 127 Å². The predicted molar refractivity (Wildman–Crippen MR) is 202 cm³/mol. The highest BCUT2D eigenvalue weighted by molar-refractivity contribution is 6.34. The highest BCUT2D eigenvalue weighted by Gasteiger charge is 2.26. The minimum Gasteiger partial charge on any atom is -0.306 e. The van der Waals surface area contributed by atoms with Gasteiger partial charge in [0, 0.05) is 27.1 Å². The molecule has 4 aromatic heterocycles. The van der Waals surface area contributed by atoms with Gasteiger partial charge in [-0.2, -0.15) is 0 Å². The van der Waals surface area contributed by atoms with E-state index in [4.69, 9.17) is 4.98 Å². The fourth-order valence-electron chi connectivity index (χ4n) is 8.11. The van der Waals surface area contributed by atoms with Gasteiger partial charge in [-0.05, 0) is 69.1 Å². The topological polar surface area (TPSA) is 22.2 Å². The van der Waals surface area contributed by atoms with E-state index in [1.54, 1.807) is 0 Å². The lowest BCUT2D eigenvalue weighted by Gasteiger charge is -2.13. The molecule has 222 valence electrons. The van der Waals surface area contributed by atoms with Crippen LogP contribution in [-0.4, -0.2) is 14.0 Å². The zero-order valence-electron chi connectivity index (χ0n) is 25.9. The summed E-state index contributed by atoms with van der Waals surface area (Å²) in [6, 6.07) is 59.2. The molecule has 0 N–H and O–H groups in total. The summed E-state index contributed by atoms with van der Waals surface area (Å²) < 4.78 is 4.95. The summed E-state index contributed by atoms with van der Waals surface area (Å²) in [6.07, 6.45) is 0. The lowest BCUT2D eigenvalue weighted by molar-refractivity contribution is 1.09. The molecule has 0 bridgehead atoms. The lowest BCUT2D eigenvalue weighted by atomic mass is 10.0. The van der Waals surface area contributed by atoms with Gasteiger partial charge in [0.25, 0.3) is 0 Å². The van der Waals surface area contributed by atoms with Gasteiger partial charge in [-0.25, -0.2) is 4.98 Å². The Kier molecular flexibility index (Phi) is 5.11. The second-order valence-corrected chi connectivity index (χ2v) is 12.8. The zero-order chi connectivity index (χ0) is 31.3. The van der Waals surface area contributed by atoms with Crippen LogP contribution in [0.2, 0.25) is 0 Å². The Labute approximate surface area is 275 Å². The van der Waals surface area contributed by atoms with Crippen LogP contribution in [0, 0.1) is 0 Å². The largest absolute Gasteiger partial charge is 0.306 e. The fraction of sp³-hybridized carbons (Fsp3) is 0. The van der Waals surface area contributed by atoms with Crippen molar-refractivity contribution < 1.29 is 0 Å². The van der Waals surface area contributed by atoms with Gasteiger partial charge in [-0.3, -0.25) is 4.57 Å². The summed E-state index contributed by atoms with van der Waals surface area (Å²) in [7, 11) is 0. The number of benzene rings is 7.